The van der Waals surface area contributed by atoms with Crippen molar-refractivity contribution in [3.05, 3.63) is 35.8 Å². The summed E-state index contributed by atoms with van der Waals surface area (Å²) in [6, 6.07) is 2.05. The minimum atomic E-state index is -0.455. The number of carbonyl (C=O) groups excluding carboxylic acids is 1. The van der Waals surface area contributed by atoms with E-state index in [9.17, 15) is 4.79 Å². The summed E-state index contributed by atoms with van der Waals surface area (Å²) in [6.07, 6.45) is 5.14. The van der Waals surface area contributed by atoms with E-state index in [-0.39, 0.29) is 6.61 Å². The molecule has 4 aromatic heterocycles. The number of aromatic nitrogens is 5. The highest BCUT2D eigenvalue weighted by Crippen LogP contribution is 2.40. The molecule has 0 saturated heterocycles. The average molecular weight is 378 g/mol. The number of esters is 1. The summed E-state index contributed by atoms with van der Waals surface area (Å²) in [5.41, 5.74) is 4.01. The molecule has 5 rings (SSSR count). The fourth-order valence-corrected chi connectivity index (χ4v) is 3.43. The lowest BCUT2D eigenvalue weighted by molar-refractivity contribution is 0.0528. The van der Waals surface area contributed by atoms with Crippen LogP contribution in [0.25, 0.3) is 27.9 Å². The molecule has 1 aliphatic rings. The van der Waals surface area contributed by atoms with Crippen LogP contribution < -0.4 is 10.1 Å². The summed E-state index contributed by atoms with van der Waals surface area (Å²) >= 11 is 0. The Balaban J connectivity index is 1.81. The molecule has 0 atom stereocenters. The molecule has 0 radical (unpaired) electrons. The number of pyridine rings is 1. The first-order chi connectivity index (χ1) is 13.7. The highest BCUT2D eigenvalue weighted by molar-refractivity contribution is 5.99. The van der Waals surface area contributed by atoms with Gasteiger partial charge < -0.3 is 19.8 Å². The Morgan fingerprint density at radius 1 is 1.39 bits per heavy atom. The molecule has 0 aromatic carbocycles. The molecule has 2 N–H and O–H groups in total. The van der Waals surface area contributed by atoms with Crippen LogP contribution in [0, 0.1) is 6.92 Å². The molecule has 0 unspecified atom stereocenters. The number of rotatable bonds is 3. The van der Waals surface area contributed by atoms with Crippen molar-refractivity contribution in [3.63, 3.8) is 0 Å². The molecule has 1 aliphatic heterocycles. The zero-order valence-corrected chi connectivity index (χ0v) is 15.4. The zero-order valence-electron chi connectivity index (χ0n) is 15.4. The fourth-order valence-electron chi connectivity index (χ4n) is 3.43. The molecule has 0 bridgehead atoms. The van der Waals surface area contributed by atoms with E-state index in [1.54, 1.807) is 11.4 Å². The number of H-pyrrole nitrogens is 1. The minimum Gasteiger partial charge on any atom is -0.486 e. The van der Waals surface area contributed by atoms with Gasteiger partial charge in [-0.25, -0.2) is 14.8 Å². The van der Waals surface area contributed by atoms with E-state index in [1.807, 2.05) is 25.4 Å². The maximum atomic E-state index is 12.4. The number of hydrogen-bond donors (Lipinski definition) is 2. The highest BCUT2D eigenvalue weighted by atomic mass is 16.5. The Kier molecular flexibility index (Phi) is 3.68. The summed E-state index contributed by atoms with van der Waals surface area (Å²) in [4.78, 5) is 24.7. The van der Waals surface area contributed by atoms with Crippen LogP contribution >= 0.6 is 0 Å². The molecule has 9 heteroatoms. The first kappa shape index (κ1) is 16.5. The van der Waals surface area contributed by atoms with Crippen molar-refractivity contribution < 1.29 is 14.3 Å². The molecule has 5 heterocycles. The molecule has 0 fully saturated rings. The molecule has 142 valence electrons. The van der Waals surface area contributed by atoms with E-state index >= 15 is 0 Å². The second-order valence-electron chi connectivity index (χ2n) is 6.54. The standard InChI is InChI=1S/C19H18N6O3/c1-3-27-19(26)13-9-23-25-17(13)24-14(15-18(25)20-4-5-28-15)12-8-22-16-11(12)6-10(2)7-21-16/h6-9,20H,3-5H2,1-2H3,(H,21,22). The lowest BCUT2D eigenvalue weighted by atomic mass is 10.1. The number of hydrogen-bond acceptors (Lipinski definition) is 7. The summed E-state index contributed by atoms with van der Waals surface area (Å²) in [7, 11) is 0. The maximum absolute atomic E-state index is 12.4. The lowest BCUT2D eigenvalue weighted by Gasteiger charge is -2.22. The summed E-state index contributed by atoms with van der Waals surface area (Å²) in [5.74, 6) is 0.806. The van der Waals surface area contributed by atoms with Crippen LogP contribution in [-0.2, 0) is 4.74 Å². The second kappa shape index (κ2) is 6.22. The van der Waals surface area contributed by atoms with Gasteiger partial charge in [0.2, 0.25) is 0 Å². The number of anilines is 1. The normalized spacial score (nSPS) is 13.2. The number of aromatic amines is 1. The fraction of sp³-hybridized carbons (Fsp3) is 0.263. The average Bonchev–Trinajstić information content (AvgIpc) is 3.31. The van der Waals surface area contributed by atoms with Gasteiger partial charge in [-0.2, -0.15) is 9.61 Å². The molecule has 9 nitrogen and oxygen atoms in total. The van der Waals surface area contributed by atoms with E-state index in [1.165, 1.54) is 6.20 Å². The van der Waals surface area contributed by atoms with Gasteiger partial charge in [-0.05, 0) is 25.5 Å². The van der Waals surface area contributed by atoms with Gasteiger partial charge in [0.05, 0.1) is 19.3 Å². The van der Waals surface area contributed by atoms with Crippen molar-refractivity contribution in [2.24, 2.45) is 0 Å². The second-order valence-corrected chi connectivity index (χ2v) is 6.54. The summed E-state index contributed by atoms with van der Waals surface area (Å²) in [6.45, 7) is 5.18. The van der Waals surface area contributed by atoms with Crippen molar-refractivity contribution in [2.75, 3.05) is 25.1 Å². The Bertz CT molecular complexity index is 1230. The van der Waals surface area contributed by atoms with Crippen LogP contribution in [-0.4, -0.2) is 50.3 Å². The lowest BCUT2D eigenvalue weighted by Crippen LogP contribution is -2.22. The SMILES string of the molecule is CCOC(=O)c1cnn2c3c(c(-c4c[nH]c5ncc(C)cc45)nc12)OCCN3. The molecule has 0 aliphatic carbocycles. The van der Waals surface area contributed by atoms with E-state index in [0.29, 0.717) is 41.6 Å². The molecule has 0 spiro atoms. The number of ether oxygens (including phenoxy) is 2. The Morgan fingerprint density at radius 3 is 3.14 bits per heavy atom. The van der Waals surface area contributed by atoms with Gasteiger partial charge >= 0.3 is 5.97 Å². The van der Waals surface area contributed by atoms with Crippen molar-refractivity contribution >= 4 is 28.5 Å². The van der Waals surface area contributed by atoms with Gasteiger partial charge in [0.15, 0.2) is 17.2 Å². The van der Waals surface area contributed by atoms with Crippen LogP contribution in [0.15, 0.2) is 24.7 Å². The van der Waals surface area contributed by atoms with Crippen LogP contribution in [0.4, 0.5) is 5.82 Å². The predicted molar refractivity (Wildman–Crippen MR) is 103 cm³/mol. The number of carbonyl (C=O) groups is 1. The van der Waals surface area contributed by atoms with Crippen LogP contribution in [0.3, 0.4) is 0 Å². The van der Waals surface area contributed by atoms with Crippen LogP contribution in [0.5, 0.6) is 5.75 Å². The number of fused-ring (bicyclic) bond motifs is 4. The molecule has 4 aromatic rings. The predicted octanol–water partition coefficient (Wildman–Crippen LogP) is 2.56. The Labute approximate surface area is 159 Å². The first-order valence-corrected chi connectivity index (χ1v) is 9.07. The molecular weight excluding hydrogens is 360 g/mol. The highest BCUT2D eigenvalue weighted by Gasteiger charge is 2.27. The van der Waals surface area contributed by atoms with Crippen molar-refractivity contribution in [2.45, 2.75) is 13.8 Å². The maximum Gasteiger partial charge on any atom is 0.343 e. The summed E-state index contributed by atoms with van der Waals surface area (Å²) < 4.78 is 12.7. The van der Waals surface area contributed by atoms with Gasteiger partial charge in [-0.3, -0.25) is 0 Å². The van der Waals surface area contributed by atoms with E-state index in [0.717, 1.165) is 22.2 Å². The third-order valence-corrected chi connectivity index (χ3v) is 4.66. The minimum absolute atomic E-state index is 0.280. The quantitative estimate of drug-likeness (QED) is 0.528. The van der Waals surface area contributed by atoms with Gasteiger partial charge in [0.25, 0.3) is 0 Å². The molecular formula is C19H18N6O3. The monoisotopic (exact) mass is 378 g/mol. The van der Waals surface area contributed by atoms with Gasteiger partial charge in [-0.15, -0.1) is 0 Å². The Hall–Kier alpha value is -3.62. The first-order valence-electron chi connectivity index (χ1n) is 9.07. The van der Waals surface area contributed by atoms with Gasteiger partial charge in [-0.1, -0.05) is 0 Å². The smallest absolute Gasteiger partial charge is 0.343 e. The van der Waals surface area contributed by atoms with Gasteiger partial charge in [0.1, 0.15) is 23.5 Å². The molecule has 28 heavy (non-hydrogen) atoms. The van der Waals surface area contributed by atoms with Gasteiger partial charge in [0, 0.05) is 23.3 Å². The van der Waals surface area contributed by atoms with Crippen molar-refractivity contribution in [1.82, 2.24) is 24.6 Å². The van der Waals surface area contributed by atoms with E-state index in [2.05, 4.69) is 20.4 Å². The van der Waals surface area contributed by atoms with E-state index in [4.69, 9.17) is 14.5 Å². The van der Waals surface area contributed by atoms with E-state index < -0.39 is 5.97 Å². The number of nitrogens with one attached hydrogen (secondary N) is 2. The third-order valence-electron chi connectivity index (χ3n) is 4.66. The molecule has 0 saturated carbocycles. The van der Waals surface area contributed by atoms with Crippen molar-refractivity contribution in [1.29, 1.82) is 0 Å². The number of nitrogens with zero attached hydrogens (tertiary/aromatic N) is 4. The zero-order chi connectivity index (χ0) is 19.3. The number of aryl methyl sites for hydroxylation is 1. The largest absolute Gasteiger partial charge is 0.486 e. The summed E-state index contributed by atoms with van der Waals surface area (Å²) in [5, 5.41) is 8.57. The van der Waals surface area contributed by atoms with Crippen LogP contribution in [0.1, 0.15) is 22.8 Å². The van der Waals surface area contributed by atoms with Crippen molar-refractivity contribution in [3.8, 4) is 17.0 Å². The molecule has 0 amide bonds. The topological polar surface area (TPSA) is 106 Å². The Morgan fingerprint density at radius 2 is 2.29 bits per heavy atom. The van der Waals surface area contributed by atoms with Crippen LogP contribution in [0.2, 0.25) is 0 Å². The third kappa shape index (κ3) is 2.39.